The van der Waals surface area contributed by atoms with Gasteiger partial charge in [-0.25, -0.2) is 0 Å². The molecule has 7 heteroatoms. The molecule has 0 saturated heterocycles. The van der Waals surface area contributed by atoms with E-state index in [4.69, 9.17) is 4.99 Å². The summed E-state index contributed by atoms with van der Waals surface area (Å²) in [6, 6.07) is 0. The number of unbranched alkanes of at least 4 members (excludes halogenated alkanes) is 1. The molecule has 1 heterocycles. The third kappa shape index (κ3) is 8.84. The van der Waals surface area contributed by atoms with Crippen LogP contribution in [0.3, 0.4) is 0 Å². The van der Waals surface area contributed by atoms with E-state index in [1.54, 1.807) is 12.7 Å². The first-order valence-electron chi connectivity index (χ1n) is 9.23. The SMILES string of the molecule is CCNC(=NCCCC1CCCC1)NCCCCn1cnnc1.I. The maximum absolute atomic E-state index is 4.69. The van der Waals surface area contributed by atoms with Crippen LogP contribution in [0.2, 0.25) is 0 Å². The maximum atomic E-state index is 4.69. The molecule has 6 nitrogen and oxygen atoms in total. The van der Waals surface area contributed by atoms with Gasteiger partial charge in [-0.2, -0.15) is 0 Å². The van der Waals surface area contributed by atoms with Crippen molar-refractivity contribution in [3.8, 4) is 0 Å². The number of aliphatic imine (C=N–C) groups is 1. The van der Waals surface area contributed by atoms with Gasteiger partial charge in [0, 0.05) is 26.2 Å². The van der Waals surface area contributed by atoms with Crippen LogP contribution in [0.15, 0.2) is 17.6 Å². The van der Waals surface area contributed by atoms with E-state index in [9.17, 15) is 0 Å². The highest BCUT2D eigenvalue weighted by atomic mass is 127. The molecule has 1 aromatic heterocycles. The Morgan fingerprint density at radius 3 is 2.58 bits per heavy atom. The average Bonchev–Trinajstić information content (AvgIpc) is 3.24. The molecule has 1 aliphatic carbocycles. The molecule has 1 aliphatic rings. The molecule has 2 rings (SSSR count). The molecule has 0 aromatic carbocycles. The summed E-state index contributed by atoms with van der Waals surface area (Å²) >= 11 is 0. The number of guanidine groups is 1. The number of halogens is 1. The van der Waals surface area contributed by atoms with Gasteiger partial charge in [-0.1, -0.05) is 25.7 Å². The fourth-order valence-corrected chi connectivity index (χ4v) is 3.18. The Balaban J connectivity index is 0.00000288. The van der Waals surface area contributed by atoms with E-state index in [1.807, 2.05) is 4.57 Å². The highest BCUT2D eigenvalue weighted by Gasteiger charge is 2.13. The first kappa shape index (κ1) is 21.2. The van der Waals surface area contributed by atoms with Crippen LogP contribution < -0.4 is 10.6 Å². The van der Waals surface area contributed by atoms with Crippen molar-refractivity contribution in [1.29, 1.82) is 0 Å². The zero-order chi connectivity index (χ0) is 16.2. The quantitative estimate of drug-likeness (QED) is 0.250. The summed E-state index contributed by atoms with van der Waals surface area (Å²) in [6.45, 7) is 5.89. The lowest BCUT2D eigenvalue weighted by atomic mass is 10.0. The number of hydrogen-bond acceptors (Lipinski definition) is 3. The number of nitrogens with zero attached hydrogens (tertiary/aromatic N) is 4. The fourth-order valence-electron chi connectivity index (χ4n) is 3.18. The molecule has 0 aliphatic heterocycles. The Bertz CT molecular complexity index is 428. The van der Waals surface area contributed by atoms with Gasteiger partial charge in [-0.3, -0.25) is 4.99 Å². The molecule has 1 fully saturated rings. The number of aromatic nitrogens is 3. The molecule has 0 atom stereocenters. The van der Waals surface area contributed by atoms with Gasteiger partial charge in [-0.15, -0.1) is 34.2 Å². The highest BCUT2D eigenvalue weighted by Crippen LogP contribution is 2.28. The van der Waals surface area contributed by atoms with E-state index in [0.717, 1.165) is 50.9 Å². The minimum Gasteiger partial charge on any atom is -0.357 e. The van der Waals surface area contributed by atoms with Crippen LogP contribution in [0, 0.1) is 5.92 Å². The summed E-state index contributed by atoms with van der Waals surface area (Å²) in [7, 11) is 0. The maximum Gasteiger partial charge on any atom is 0.191 e. The molecule has 0 bridgehead atoms. The van der Waals surface area contributed by atoms with E-state index < -0.39 is 0 Å². The Hall–Kier alpha value is -0.860. The smallest absolute Gasteiger partial charge is 0.191 e. The molecule has 0 unspecified atom stereocenters. The van der Waals surface area contributed by atoms with Crippen molar-refractivity contribution in [1.82, 2.24) is 25.4 Å². The molecule has 138 valence electrons. The Labute approximate surface area is 163 Å². The average molecular weight is 448 g/mol. The fraction of sp³-hybridized carbons (Fsp3) is 0.824. The second-order valence-corrected chi connectivity index (χ2v) is 6.39. The van der Waals surface area contributed by atoms with E-state index in [-0.39, 0.29) is 24.0 Å². The van der Waals surface area contributed by atoms with Crippen molar-refractivity contribution in [2.75, 3.05) is 19.6 Å². The number of nitrogens with one attached hydrogen (secondary N) is 2. The molecule has 0 spiro atoms. The predicted molar refractivity (Wildman–Crippen MR) is 110 cm³/mol. The number of aryl methyl sites for hydroxylation is 1. The van der Waals surface area contributed by atoms with Gasteiger partial charge in [0.15, 0.2) is 5.96 Å². The van der Waals surface area contributed by atoms with Crippen molar-refractivity contribution in [2.24, 2.45) is 10.9 Å². The highest BCUT2D eigenvalue weighted by molar-refractivity contribution is 14.0. The zero-order valence-electron chi connectivity index (χ0n) is 14.9. The first-order chi connectivity index (χ1) is 11.4. The van der Waals surface area contributed by atoms with Crippen LogP contribution in [0.5, 0.6) is 0 Å². The molecular weight excluding hydrogens is 415 g/mol. The van der Waals surface area contributed by atoms with Gasteiger partial charge < -0.3 is 15.2 Å². The lowest BCUT2D eigenvalue weighted by molar-refractivity contribution is 0.487. The normalized spacial score (nSPS) is 15.3. The summed E-state index contributed by atoms with van der Waals surface area (Å²) < 4.78 is 2.02. The molecule has 24 heavy (non-hydrogen) atoms. The molecule has 1 saturated carbocycles. The third-order valence-electron chi connectivity index (χ3n) is 4.46. The predicted octanol–water partition coefficient (Wildman–Crippen LogP) is 3.20. The van der Waals surface area contributed by atoms with E-state index >= 15 is 0 Å². The lowest BCUT2D eigenvalue weighted by Crippen LogP contribution is -2.37. The molecule has 2 N–H and O–H groups in total. The van der Waals surface area contributed by atoms with Gasteiger partial charge in [-0.05, 0) is 38.5 Å². The molecule has 0 amide bonds. The van der Waals surface area contributed by atoms with Crippen LogP contribution in [0.4, 0.5) is 0 Å². The van der Waals surface area contributed by atoms with Crippen LogP contribution in [0.1, 0.15) is 58.3 Å². The summed E-state index contributed by atoms with van der Waals surface area (Å²) in [4.78, 5) is 4.69. The van der Waals surface area contributed by atoms with Crippen molar-refractivity contribution < 1.29 is 0 Å². The monoisotopic (exact) mass is 448 g/mol. The summed E-state index contributed by atoms with van der Waals surface area (Å²) in [5.41, 5.74) is 0. The minimum atomic E-state index is 0. The van der Waals surface area contributed by atoms with Crippen LogP contribution in [-0.2, 0) is 6.54 Å². The number of rotatable bonds is 10. The van der Waals surface area contributed by atoms with Crippen molar-refractivity contribution in [3.63, 3.8) is 0 Å². The second kappa shape index (κ2) is 13.4. The molecular formula is C17H33IN6. The van der Waals surface area contributed by atoms with Crippen molar-refractivity contribution in [3.05, 3.63) is 12.7 Å². The van der Waals surface area contributed by atoms with Crippen molar-refractivity contribution in [2.45, 2.75) is 64.8 Å². The Kier molecular flexibility index (Phi) is 11.9. The Morgan fingerprint density at radius 1 is 1.12 bits per heavy atom. The van der Waals surface area contributed by atoms with Gasteiger partial charge in [0.1, 0.15) is 12.7 Å². The van der Waals surface area contributed by atoms with Gasteiger partial charge >= 0.3 is 0 Å². The summed E-state index contributed by atoms with van der Waals surface area (Å²) in [6.07, 6.45) is 14.1. The Morgan fingerprint density at radius 2 is 1.88 bits per heavy atom. The molecule has 1 aromatic rings. The third-order valence-corrected chi connectivity index (χ3v) is 4.46. The van der Waals surface area contributed by atoms with Gasteiger partial charge in [0.25, 0.3) is 0 Å². The van der Waals surface area contributed by atoms with Gasteiger partial charge in [0.05, 0.1) is 0 Å². The van der Waals surface area contributed by atoms with Gasteiger partial charge in [0.2, 0.25) is 0 Å². The zero-order valence-corrected chi connectivity index (χ0v) is 17.2. The number of hydrogen-bond donors (Lipinski definition) is 2. The standard InChI is InChI=1S/C17H32N6.HI/c1-2-18-17(20-12-7-10-16-8-3-4-9-16)19-11-5-6-13-23-14-21-22-15-23;/h14-16H,2-13H2,1H3,(H2,18,19,20);1H. The van der Waals surface area contributed by atoms with E-state index in [1.165, 1.54) is 38.5 Å². The summed E-state index contributed by atoms with van der Waals surface area (Å²) in [5, 5.41) is 14.4. The van der Waals surface area contributed by atoms with E-state index in [2.05, 4.69) is 27.8 Å². The van der Waals surface area contributed by atoms with Crippen LogP contribution in [-0.4, -0.2) is 40.4 Å². The van der Waals surface area contributed by atoms with E-state index in [0.29, 0.717) is 0 Å². The largest absolute Gasteiger partial charge is 0.357 e. The molecule has 0 radical (unpaired) electrons. The first-order valence-corrected chi connectivity index (χ1v) is 9.23. The minimum absolute atomic E-state index is 0. The topological polar surface area (TPSA) is 67.1 Å². The van der Waals surface area contributed by atoms with Crippen LogP contribution >= 0.6 is 24.0 Å². The summed E-state index contributed by atoms with van der Waals surface area (Å²) in [5.74, 6) is 1.93. The van der Waals surface area contributed by atoms with Crippen LogP contribution in [0.25, 0.3) is 0 Å². The second-order valence-electron chi connectivity index (χ2n) is 6.39. The van der Waals surface area contributed by atoms with Crippen molar-refractivity contribution >= 4 is 29.9 Å². The lowest BCUT2D eigenvalue weighted by Gasteiger charge is -2.12.